The van der Waals surface area contributed by atoms with Gasteiger partial charge in [0.25, 0.3) is 0 Å². The first-order valence-electron chi connectivity index (χ1n) is 8.18. The number of hydrazone groups is 1. The molecule has 5 nitrogen and oxygen atoms in total. The van der Waals surface area contributed by atoms with Gasteiger partial charge in [-0.3, -0.25) is 5.43 Å². The lowest BCUT2D eigenvalue weighted by Gasteiger charge is -2.04. The number of methoxy groups -OCH3 is 1. The highest BCUT2D eigenvalue weighted by Crippen LogP contribution is 2.31. The molecule has 0 unspecified atom stereocenters. The fourth-order valence-electron chi connectivity index (χ4n) is 2.94. The largest absolute Gasteiger partial charge is 0.496 e. The molecule has 0 saturated carbocycles. The number of hydrogen-bond acceptors (Lipinski definition) is 5. The quantitative estimate of drug-likeness (QED) is 0.411. The summed E-state index contributed by atoms with van der Waals surface area (Å²) in [7, 11) is 3.70. The molecule has 0 radical (unpaired) electrons. The van der Waals surface area contributed by atoms with Gasteiger partial charge in [0, 0.05) is 40.7 Å². The molecule has 0 saturated heterocycles. The summed E-state index contributed by atoms with van der Waals surface area (Å²) in [6, 6.07) is 16.1. The SMILES string of the molecule is COc1ccccc1-c1csc(N/N=C\c2cn(C)c3ccccc23)n1. The first kappa shape index (κ1) is 16.4. The van der Waals surface area contributed by atoms with Crippen LogP contribution in [0, 0.1) is 0 Å². The van der Waals surface area contributed by atoms with Crippen LogP contribution in [-0.2, 0) is 7.05 Å². The minimum atomic E-state index is 0.738. The number of nitrogens with one attached hydrogen (secondary N) is 1. The number of aryl methyl sites for hydroxylation is 1. The molecule has 0 aliphatic rings. The summed E-state index contributed by atoms with van der Waals surface area (Å²) < 4.78 is 7.50. The summed E-state index contributed by atoms with van der Waals surface area (Å²) in [6.07, 6.45) is 3.89. The van der Waals surface area contributed by atoms with Crippen LogP contribution in [0.1, 0.15) is 5.56 Å². The lowest BCUT2D eigenvalue weighted by Crippen LogP contribution is -1.91. The topological polar surface area (TPSA) is 51.4 Å². The summed E-state index contributed by atoms with van der Waals surface area (Å²) in [6.45, 7) is 0. The summed E-state index contributed by atoms with van der Waals surface area (Å²) in [4.78, 5) is 4.60. The third kappa shape index (κ3) is 3.07. The number of thiazole rings is 1. The van der Waals surface area contributed by atoms with E-state index in [4.69, 9.17) is 4.74 Å². The van der Waals surface area contributed by atoms with E-state index in [9.17, 15) is 0 Å². The Labute approximate surface area is 155 Å². The molecule has 0 fully saturated rings. The number of ether oxygens (including phenoxy) is 1. The van der Waals surface area contributed by atoms with Crippen molar-refractivity contribution in [1.82, 2.24) is 9.55 Å². The maximum atomic E-state index is 5.40. The van der Waals surface area contributed by atoms with Gasteiger partial charge in [-0.1, -0.05) is 30.3 Å². The highest BCUT2D eigenvalue weighted by atomic mass is 32.1. The van der Waals surface area contributed by atoms with Crippen LogP contribution < -0.4 is 10.2 Å². The average Bonchev–Trinajstić information content (AvgIpc) is 3.27. The van der Waals surface area contributed by atoms with E-state index in [1.165, 1.54) is 22.2 Å². The molecule has 130 valence electrons. The fraction of sp³-hybridized carbons (Fsp3) is 0.100. The molecule has 0 bridgehead atoms. The van der Waals surface area contributed by atoms with Gasteiger partial charge in [-0.15, -0.1) is 11.3 Å². The predicted molar refractivity (Wildman–Crippen MR) is 108 cm³/mol. The monoisotopic (exact) mass is 362 g/mol. The molecule has 0 atom stereocenters. The summed E-state index contributed by atoms with van der Waals surface area (Å²) in [5, 5.41) is 8.26. The third-order valence-corrected chi connectivity index (χ3v) is 4.93. The Balaban J connectivity index is 1.54. The Kier molecular flexibility index (Phi) is 4.41. The molecule has 6 heteroatoms. The molecule has 26 heavy (non-hydrogen) atoms. The minimum absolute atomic E-state index is 0.738. The van der Waals surface area contributed by atoms with Crippen LogP contribution in [0.2, 0.25) is 0 Å². The van der Waals surface area contributed by atoms with Gasteiger partial charge < -0.3 is 9.30 Å². The number of benzene rings is 2. The lowest BCUT2D eigenvalue weighted by atomic mass is 10.1. The van der Waals surface area contributed by atoms with Gasteiger partial charge in [-0.25, -0.2) is 4.98 Å². The Morgan fingerprint density at radius 2 is 1.96 bits per heavy atom. The van der Waals surface area contributed by atoms with Crippen LogP contribution in [-0.4, -0.2) is 22.9 Å². The number of hydrogen-bond donors (Lipinski definition) is 1. The predicted octanol–water partition coefficient (Wildman–Crippen LogP) is 4.76. The fourth-order valence-corrected chi connectivity index (χ4v) is 3.60. The molecule has 2 aromatic carbocycles. The number of fused-ring (bicyclic) bond motifs is 1. The lowest BCUT2D eigenvalue weighted by molar-refractivity contribution is 0.416. The first-order valence-corrected chi connectivity index (χ1v) is 9.06. The smallest absolute Gasteiger partial charge is 0.203 e. The van der Waals surface area contributed by atoms with E-state index < -0.39 is 0 Å². The van der Waals surface area contributed by atoms with E-state index in [2.05, 4.69) is 38.4 Å². The molecule has 0 amide bonds. The molecule has 0 spiro atoms. The molecule has 4 rings (SSSR count). The van der Waals surface area contributed by atoms with E-state index in [1.807, 2.05) is 55.0 Å². The van der Waals surface area contributed by atoms with Gasteiger partial charge in [0.1, 0.15) is 5.75 Å². The molecular weight excluding hydrogens is 344 g/mol. The number of para-hydroxylation sites is 2. The summed E-state index contributed by atoms with van der Waals surface area (Å²) in [5.74, 6) is 0.809. The molecule has 4 aromatic rings. The second-order valence-electron chi connectivity index (χ2n) is 5.82. The van der Waals surface area contributed by atoms with Gasteiger partial charge in [0.2, 0.25) is 5.13 Å². The molecule has 1 N–H and O–H groups in total. The number of aromatic nitrogens is 2. The van der Waals surface area contributed by atoms with Gasteiger partial charge in [-0.05, 0) is 18.2 Å². The Bertz CT molecular complexity index is 1080. The highest BCUT2D eigenvalue weighted by molar-refractivity contribution is 7.14. The van der Waals surface area contributed by atoms with E-state index in [0.29, 0.717) is 0 Å². The average molecular weight is 362 g/mol. The normalized spacial score (nSPS) is 11.3. The van der Waals surface area contributed by atoms with Crippen LogP contribution in [0.5, 0.6) is 5.75 Å². The van der Waals surface area contributed by atoms with Crippen molar-refractivity contribution in [2.75, 3.05) is 12.5 Å². The Morgan fingerprint density at radius 3 is 2.85 bits per heavy atom. The van der Waals surface area contributed by atoms with Crippen molar-refractivity contribution < 1.29 is 4.74 Å². The van der Waals surface area contributed by atoms with Crippen LogP contribution in [0.3, 0.4) is 0 Å². The molecule has 0 aliphatic heterocycles. The van der Waals surface area contributed by atoms with Crippen molar-refractivity contribution in [3.63, 3.8) is 0 Å². The Hall–Kier alpha value is -3.12. The maximum absolute atomic E-state index is 5.40. The number of anilines is 1. The van der Waals surface area contributed by atoms with E-state index in [1.54, 1.807) is 7.11 Å². The van der Waals surface area contributed by atoms with Crippen molar-refractivity contribution in [3.05, 3.63) is 65.7 Å². The van der Waals surface area contributed by atoms with Gasteiger partial charge in [0.15, 0.2) is 0 Å². The van der Waals surface area contributed by atoms with Crippen molar-refractivity contribution >= 4 is 33.6 Å². The van der Waals surface area contributed by atoms with Crippen molar-refractivity contribution in [2.45, 2.75) is 0 Å². The van der Waals surface area contributed by atoms with Crippen LogP contribution in [0.15, 0.2) is 65.2 Å². The third-order valence-electron chi connectivity index (χ3n) is 4.18. The summed E-state index contributed by atoms with van der Waals surface area (Å²) in [5.41, 5.74) is 7.11. The van der Waals surface area contributed by atoms with Crippen LogP contribution in [0.4, 0.5) is 5.13 Å². The van der Waals surface area contributed by atoms with Gasteiger partial charge in [0.05, 0.1) is 19.0 Å². The van der Waals surface area contributed by atoms with Gasteiger partial charge >= 0.3 is 0 Å². The van der Waals surface area contributed by atoms with Gasteiger partial charge in [-0.2, -0.15) is 5.10 Å². The minimum Gasteiger partial charge on any atom is -0.496 e. The second kappa shape index (κ2) is 7.01. The maximum Gasteiger partial charge on any atom is 0.203 e. The van der Waals surface area contributed by atoms with E-state index in [-0.39, 0.29) is 0 Å². The molecule has 2 aromatic heterocycles. The Morgan fingerprint density at radius 1 is 1.15 bits per heavy atom. The van der Waals surface area contributed by atoms with Crippen LogP contribution in [0.25, 0.3) is 22.2 Å². The molecular formula is C20H18N4OS. The van der Waals surface area contributed by atoms with Crippen LogP contribution >= 0.6 is 11.3 Å². The van der Waals surface area contributed by atoms with Crippen molar-refractivity contribution in [3.8, 4) is 17.0 Å². The van der Waals surface area contributed by atoms with E-state index >= 15 is 0 Å². The molecule has 2 heterocycles. The zero-order chi connectivity index (χ0) is 17.9. The standard InChI is InChI=1S/C20H18N4OS/c1-24-12-14(15-7-3-5-9-18(15)24)11-21-23-20-22-17(13-26-20)16-8-4-6-10-19(16)25-2/h3-13H,1-2H3,(H,22,23)/b21-11-. The number of rotatable bonds is 5. The van der Waals surface area contributed by atoms with E-state index in [0.717, 1.165) is 27.7 Å². The zero-order valence-electron chi connectivity index (χ0n) is 14.5. The van der Waals surface area contributed by atoms with Crippen molar-refractivity contribution in [2.24, 2.45) is 12.1 Å². The highest BCUT2D eigenvalue weighted by Gasteiger charge is 2.09. The number of nitrogens with zero attached hydrogens (tertiary/aromatic N) is 3. The first-order chi connectivity index (χ1) is 12.8. The molecule has 0 aliphatic carbocycles. The second-order valence-corrected chi connectivity index (χ2v) is 6.68. The zero-order valence-corrected chi connectivity index (χ0v) is 15.3. The van der Waals surface area contributed by atoms with Crippen molar-refractivity contribution in [1.29, 1.82) is 0 Å². The summed E-state index contributed by atoms with van der Waals surface area (Å²) >= 11 is 1.51.